The minimum absolute atomic E-state index is 0.103. The van der Waals surface area contributed by atoms with Crippen molar-refractivity contribution in [3.8, 4) is 0 Å². The molecule has 0 aliphatic carbocycles. The lowest BCUT2D eigenvalue weighted by molar-refractivity contribution is -0.152. The van der Waals surface area contributed by atoms with Gasteiger partial charge in [0.1, 0.15) is 5.82 Å². The Labute approximate surface area is 118 Å². The normalized spacial score (nSPS) is 31.4. The highest BCUT2D eigenvalue weighted by Crippen LogP contribution is 2.36. The molecule has 4 heteroatoms. The Morgan fingerprint density at radius 2 is 2.21 bits per heavy atom. The van der Waals surface area contributed by atoms with Gasteiger partial charge in [-0.05, 0) is 37.5 Å². The lowest BCUT2D eigenvalue weighted by Gasteiger charge is -2.43. The second kappa shape index (κ2) is 5.39. The van der Waals surface area contributed by atoms with Gasteiger partial charge in [-0.2, -0.15) is 0 Å². The van der Waals surface area contributed by atoms with E-state index in [2.05, 4.69) is 6.92 Å². The van der Waals surface area contributed by atoms with E-state index < -0.39 is 11.4 Å². The summed E-state index contributed by atoms with van der Waals surface area (Å²) >= 11 is 5.78. The Morgan fingerprint density at radius 1 is 1.47 bits per heavy atom. The molecule has 0 amide bonds. The molecule has 2 rings (SSSR count). The summed E-state index contributed by atoms with van der Waals surface area (Å²) in [4.78, 5) is 0. The molecule has 1 heterocycles. The molecule has 0 saturated carbocycles. The second-order valence-corrected chi connectivity index (χ2v) is 6.14. The average molecular weight is 287 g/mol. The summed E-state index contributed by atoms with van der Waals surface area (Å²) in [7, 11) is 0. The van der Waals surface area contributed by atoms with E-state index in [1.807, 2.05) is 6.92 Å². The van der Waals surface area contributed by atoms with E-state index in [-0.39, 0.29) is 10.6 Å². The molecule has 106 valence electrons. The van der Waals surface area contributed by atoms with Crippen molar-refractivity contribution in [1.29, 1.82) is 0 Å². The van der Waals surface area contributed by atoms with Gasteiger partial charge in [0.15, 0.2) is 0 Å². The lowest BCUT2D eigenvalue weighted by atomic mass is 9.78. The summed E-state index contributed by atoms with van der Waals surface area (Å²) in [6, 6.07) is 4.62. The van der Waals surface area contributed by atoms with Crippen LogP contribution in [0.1, 0.15) is 38.7 Å². The molecule has 1 aliphatic rings. The summed E-state index contributed by atoms with van der Waals surface area (Å²) in [6.45, 7) is 4.63. The first kappa shape index (κ1) is 14.8. The fourth-order valence-electron chi connectivity index (χ4n) is 2.73. The maximum absolute atomic E-state index is 13.1. The minimum Gasteiger partial charge on any atom is -0.389 e. The molecule has 0 aromatic heterocycles. The summed E-state index contributed by atoms with van der Waals surface area (Å²) < 4.78 is 18.9. The Bertz CT molecular complexity index is 465. The van der Waals surface area contributed by atoms with Crippen LogP contribution in [0.15, 0.2) is 18.2 Å². The lowest BCUT2D eigenvalue weighted by Crippen LogP contribution is -2.48. The second-order valence-electron chi connectivity index (χ2n) is 5.73. The van der Waals surface area contributed by atoms with Gasteiger partial charge in [-0.3, -0.25) is 0 Å². The molecule has 0 radical (unpaired) electrons. The molecule has 2 nitrogen and oxygen atoms in total. The molecule has 1 aromatic rings. The van der Waals surface area contributed by atoms with Crippen molar-refractivity contribution in [3.63, 3.8) is 0 Å². The highest BCUT2D eigenvalue weighted by molar-refractivity contribution is 6.30. The van der Waals surface area contributed by atoms with Crippen LogP contribution in [-0.2, 0) is 11.2 Å². The zero-order chi connectivity index (χ0) is 14.1. The maximum Gasteiger partial charge on any atom is 0.141 e. The Morgan fingerprint density at radius 3 is 2.84 bits per heavy atom. The van der Waals surface area contributed by atoms with Crippen molar-refractivity contribution < 1.29 is 14.2 Å². The van der Waals surface area contributed by atoms with E-state index in [4.69, 9.17) is 16.3 Å². The highest BCUT2D eigenvalue weighted by atomic mass is 35.5. The van der Waals surface area contributed by atoms with Crippen LogP contribution in [-0.4, -0.2) is 22.9 Å². The topological polar surface area (TPSA) is 29.5 Å². The monoisotopic (exact) mass is 286 g/mol. The number of ether oxygens (including phenoxy) is 1. The molecule has 1 aromatic carbocycles. The molecular formula is C15H20ClFO2. The third-order valence-electron chi connectivity index (χ3n) is 3.99. The van der Waals surface area contributed by atoms with Crippen molar-refractivity contribution in [2.24, 2.45) is 0 Å². The van der Waals surface area contributed by atoms with Gasteiger partial charge in [-0.25, -0.2) is 4.39 Å². The van der Waals surface area contributed by atoms with Gasteiger partial charge in [-0.15, -0.1) is 0 Å². The zero-order valence-corrected chi connectivity index (χ0v) is 12.1. The van der Waals surface area contributed by atoms with Gasteiger partial charge < -0.3 is 9.84 Å². The third-order valence-corrected chi connectivity index (χ3v) is 4.28. The van der Waals surface area contributed by atoms with Crippen LogP contribution < -0.4 is 0 Å². The van der Waals surface area contributed by atoms with E-state index in [1.54, 1.807) is 12.1 Å². The fraction of sp³-hybridized carbons (Fsp3) is 0.600. The van der Waals surface area contributed by atoms with Crippen molar-refractivity contribution in [2.45, 2.75) is 50.7 Å². The summed E-state index contributed by atoms with van der Waals surface area (Å²) in [6.07, 6.45) is 2.52. The molecule has 0 bridgehead atoms. The predicted octanol–water partition coefficient (Wildman–Crippen LogP) is 3.73. The van der Waals surface area contributed by atoms with Crippen LogP contribution >= 0.6 is 11.6 Å². The minimum atomic E-state index is -0.801. The standard InChI is InChI=1S/C15H20ClFO2/c1-3-14(2)10-15(18,6-7-19-14)9-11-4-5-13(17)12(16)8-11/h4-5,8,18H,3,6-7,9-10H2,1-2H3. The number of halogens is 2. The van der Waals surface area contributed by atoms with Crippen LogP contribution in [0.4, 0.5) is 4.39 Å². The Hall–Kier alpha value is -0.640. The van der Waals surface area contributed by atoms with Crippen LogP contribution in [0.25, 0.3) is 0 Å². The van der Waals surface area contributed by atoms with Crippen molar-refractivity contribution in [2.75, 3.05) is 6.61 Å². The summed E-state index contributed by atoms with van der Waals surface area (Å²) in [5, 5.41) is 10.8. The first-order valence-electron chi connectivity index (χ1n) is 6.66. The maximum atomic E-state index is 13.1. The van der Waals surface area contributed by atoms with Gasteiger partial charge in [-0.1, -0.05) is 24.6 Å². The smallest absolute Gasteiger partial charge is 0.141 e. The number of hydrogen-bond donors (Lipinski definition) is 1. The first-order valence-corrected chi connectivity index (χ1v) is 7.04. The van der Waals surface area contributed by atoms with Crippen molar-refractivity contribution in [3.05, 3.63) is 34.6 Å². The van der Waals surface area contributed by atoms with Gasteiger partial charge in [0.25, 0.3) is 0 Å². The molecule has 0 spiro atoms. The molecule has 2 atom stereocenters. The summed E-state index contributed by atoms with van der Waals surface area (Å²) in [5.74, 6) is -0.428. The molecule has 1 saturated heterocycles. The molecule has 1 N–H and O–H groups in total. The number of hydrogen-bond acceptors (Lipinski definition) is 2. The molecular weight excluding hydrogens is 267 g/mol. The Balaban J connectivity index is 2.14. The van der Waals surface area contributed by atoms with E-state index in [1.165, 1.54) is 6.07 Å². The largest absolute Gasteiger partial charge is 0.389 e. The van der Waals surface area contributed by atoms with Crippen LogP contribution in [0.5, 0.6) is 0 Å². The van der Waals surface area contributed by atoms with Gasteiger partial charge in [0.05, 0.1) is 22.8 Å². The van der Waals surface area contributed by atoms with Crippen molar-refractivity contribution >= 4 is 11.6 Å². The quantitative estimate of drug-likeness (QED) is 0.917. The van der Waals surface area contributed by atoms with Gasteiger partial charge >= 0.3 is 0 Å². The number of rotatable bonds is 3. The molecule has 19 heavy (non-hydrogen) atoms. The van der Waals surface area contributed by atoms with E-state index in [0.29, 0.717) is 25.9 Å². The van der Waals surface area contributed by atoms with E-state index in [0.717, 1.165) is 12.0 Å². The number of benzene rings is 1. The van der Waals surface area contributed by atoms with Crippen molar-refractivity contribution in [1.82, 2.24) is 0 Å². The predicted molar refractivity (Wildman–Crippen MR) is 73.9 cm³/mol. The molecule has 1 aliphatic heterocycles. The van der Waals surface area contributed by atoms with Crippen LogP contribution in [0, 0.1) is 5.82 Å². The number of aliphatic hydroxyl groups is 1. The van der Waals surface area contributed by atoms with Crippen LogP contribution in [0.2, 0.25) is 5.02 Å². The third kappa shape index (κ3) is 3.47. The highest BCUT2D eigenvalue weighted by Gasteiger charge is 2.41. The average Bonchev–Trinajstić information content (AvgIpc) is 2.33. The van der Waals surface area contributed by atoms with Gasteiger partial charge in [0, 0.05) is 12.8 Å². The fourth-order valence-corrected chi connectivity index (χ4v) is 2.93. The summed E-state index contributed by atoms with van der Waals surface area (Å²) in [5.41, 5.74) is -0.227. The Kier molecular flexibility index (Phi) is 4.19. The van der Waals surface area contributed by atoms with Gasteiger partial charge in [0.2, 0.25) is 0 Å². The molecule has 2 unspecified atom stereocenters. The SMILES string of the molecule is CCC1(C)CC(O)(Cc2ccc(F)c(Cl)c2)CCO1. The van der Waals surface area contributed by atoms with Crippen LogP contribution in [0.3, 0.4) is 0 Å². The van der Waals surface area contributed by atoms with E-state index >= 15 is 0 Å². The van der Waals surface area contributed by atoms with E-state index in [9.17, 15) is 9.50 Å². The first-order chi connectivity index (χ1) is 8.86. The molecule has 1 fully saturated rings. The zero-order valence-electron chi connectivity index (χ0n) is 11.4.